The van der Waals surface area contributed by atoms with Gasteiger partial charge in [0.25, 0.3) is 5.91 Å². The summed E-state index contributed by atoms with van der Waals surface area (Å²) in [7, 11) is 2.05. The van der Waals surface area contributed by atoms with Crippen LogP contribution >= 0.6 is 15.9 Å². The lowest BCUT2D eigenvalue weighted by Crippen LogP contribution is -2.73. The van der Waals surface area contributed by atoms with Gasteiger partial charge in [-0.3, -0.25) is 4.79 Å². The van der Waals surface area contributed by atoms with Crippen molar-refractivity contribution in [1.29, 1.82) is 0 Å². The SMILES string of the molecule is CN[C@@H]1C[C@@]23Oc4c(cc(O)c5c4CNC5=O)C[C@]2(C)[C@@H](C)CC[C@H]3C(C)(C)[C@H]1Br. The minimum absolute atomic E-state index is 0.0425. The Morgan fingerprint density at radius 2 is 2.03 bits per heavy atom. The van der Waals surface area contributed by atoms with E-state index in [1.165, 1.54) is 6.42 Å². The fraction of sp³-hybridized carbons (Fsp3) is 0.708. The highest BCUT2D eigenvalue weighted by Gasteiger charge is 2.69. The van der Waals surface area contributed by atoms with Gasteiger partial charge in [-0.05, 0) is 49.3 Å². The highest BCUT2D eigenvalue weighted by Crippen LogP contribution is 2.67. The second-order valence-corrected chi connectivity index (χ2v) is 11.8. The second-order valence-electron chi connectivity index (χ2n) is 10.9. The molecule has 3 N–H and O–H groups in total. The van der Waals surface area contributed by atoms with Crippen LogP contribution in [0, 0.1) is 22.7 Å². The number of halogens is 1. The molecule has 2 heterocycles. The molecule has 1 aromatic rings. The molecule has 30 heavy (non-hydrogen) atoms. The van der Waals surface area contributed by atoms with Crippen LogP contribution in [0.25, 0.3) is 0 Å². The van der Waals surface area contributed by atoms with Gasteiger partial charge in [-0.1, -0.05) is 43.6 Å². The largest absolute Gasteiger partial charge is 0.507 e. The van der Waals surface area contributed by atoms with Crippen molar-refractivity contribution >= 4 is 21.8 Å². The van der Waals surface area contributed by atoms with Crippen LogP contribution in [-0.4, -0.2) is 34.5 Å². The van der Waals surface area contributed by atoms with Gasteiger partial charge in [0, 0.05) is 40.7 Å². The number of carbonyl (C=O) groups is 1. The van der Waals surface area contributed by atoms with Gasteiger partial charge in [-0.15, -0.1) is 0 Å². The molecule has 5 rings (SSSR count). The molecule has 6 atom stereocenters. The molecule has 2 aliphatic carbocycles. The van der Waals surface area contributed by atoms with E-state index in [4.69, 9.17) is 4.74 Å². The maximum absolute atomic E-state index is 12.4. The number of amides is 1. The standard InChI is InChI=1S/C24H33BrN2O3/c1-12-6-7-17-22(2,3)20(25)15(26-5)10-24(17)23(12,4)9-13-8-16(28)18-14(19(13)30-24)11-27-21(18)29/h8,12,15,17,20,26,28H,6-7,9-11H2,1-5H3,(H,27,29)/t12-,15+,17-,20-,23+,24-/m0/s1. The van der Waals surface area contributed by atoms with Crippen LogP contribution in [0.2, 0.25) is 0 Å². The highest BCUT2D eigenvalue weighted by atomic mass is 79.9. The third-order valence-electron chi connectivity index (χ3n) is 9.29. The summed E-state index contributed by atoms with van der Waals surface area (Å²) in [5, 5.41) is 17.0. The molecule has 0 saturated heterocycles. The third-order valence-corrected chi connectivity index (χ3v) is 11.1. The highest BCUT2D eigenvalue weighted by molar-refractivity contribution is 9.09. The predicted octanol–water partition coefficient (Wildman–Crippen LogP) is 4.14. The summed E-state index contributed by atoms with van der Waals surface area (Å²) in [6.07, 6.45) is 4.14. The molecule has 5 nitrogen and oxygen atoms in total. The molecule has 164 valence electrons. The first-order valence-corrected chi connectivity index (χ1v) is 12.1. The lowest BCUT2D eigenvalue weighted by atomic mass is 9.43. The van der Waals surface area contributed by atoms with E-state index in [0.29, 0.717) is 34.8 Å². The summed E-state index contributed by atoms with van der Waals surface area (Å²) in [5.74, 6) is 1.64. The number of benzene rings is 1. The predicted molar refractivity (Wildman–Crippen MR) is 120 cm³/mol. The van der Waals surface area contributed by atoms with E-state index in [0.717, 1.165) is 36.1 Å². The molecule has 0 aromatic heterocycles. The number of phenolic OH excluding ortho intramolecular Hbond substituents is 1. The molecule has 6 heteroatoms. The van der Waals surface area contributed by atoms with Gasteiger partial charge < -0.3 is 20.5 Å². The minimum atomic E-state index is -0.310. The van der Waals surface area contributed by atoms with Crippen molar-refractivity contribution < 1.29 is 14.6 Å². The van der Waals surface area contributed by atoms with Crippen molar-refractivity contribution in [3.63, 3.8) is 0 Å². The van der Waals surface area contributed by atoms with Crippen LogP contribution in [0.5, 0.6) is 11.5 Å². The fourth-order valence-electron chi connectivity index (χ4n) is 7.35. The number of carbonyl (C=O) groups excluding carboxylic acids is 1. The summed E-state index contributed by atoms with van der Waals surface area (Å²) in [6, 6.07) is 2.08. The maximum Gasteiger partial charge on any atom is 0.255 e. The molecule has 1 aromatic carbocycles. The van der Waals surface area contributed by atoms with Crippen molar-refractivity contribution in [2.75, 3.05) is 7.05 Å². The number of fused-ring (bicyclic) bond motifs is 3. The summed E-state index contributed by atoms with van der Waals surface area (Å²) in [4.78, 5) is 12.7. The van der Waals surface area contributed by atoms with Gasteiger partial charge >= 0.3 is 0 Å². The van der Waals surface area contributed by atoms with Crippen LogP contribution in [-0.2, 0) is 13.0 Å². The molecular formula is C24H33BrN2O3. The quantitative estimate of drug-likeness (QED) is 0.532. The van der Waals surface area contributed by atoms with Crippen LogP contribution in [0.15, 0.2) is 6.07 Å². The van der Waals surface area contributed by atoms with E-state index in [-0.39, 0.29) is 28.1 Å². The summed E-state index contributed by atoms with van der Waals surface area (Å²) >= 11 is 4.04. The van der Waals surface area contributed by atoms with Gasteiger partial charge in [-0.2, -0.15) is 0 Å². The molecule has 1 amide bonds. The Morgan fingerprint density at radius 3 is 2.73 bits per heavy atom. The van der Waals surface area contributed by atoms with E-state index in [1.54, 1.807) is 6.07 Å². The van der Waals surface area contributed by atoms with E-state index in [2.05, 4.69) is 54.3 Å². The van der Waals surface area contributed by atoms with Crippen molar-refractivity contribution in [2.45, 2.75) is 76.4 Å². The first-order valence-electron chi connectivity index (χ1n) is 11.2. The maximum atomic E-state index is 12.4. The molecule has 2 fully saturated rings. The Labute approximate surface area is 187 Å². The zero-order valence-electron chi connectivity index (χ0n) is 18.6. The van der Waals surface area contributed by atoms with Gasteiger partial charge in [0.15, 0.2) is 0 Å². The minimum Gasteiger partial charge on any atom is -0.507 e. The molecule has 2 saturated carbocycles. The van der Waals surface area contributed by atoms with Crippen LogP contribution in [0.4, 0.5) is 0 Å². The van der Waals surface area contributed by atoms with Crippen LogP contribution < -0.4 is 15.4 Å². The Balaban J connectivity index is 1.74. The van der Waals surface area contributed by atoms with Gasteiger partial charge in [0.1, 0.15) is 17.1 Å². The lowest BCUT2D eigenvalue weighted by molar-refractivity contribution is -0.213. The summed E-state index contributed by atoms with van der Waals surface area (Å²) < 4.78 is 7.20. The van der Waals surface area contributed by atoms with Crippen molar-refractivity contribution in [1.82, 2.24) is 10.6 Å². The molecular weight excluding hydrogens is 444 g/mol. The molecule has 4 aliphatic rings. The fourth-order valence-corrected chi connectivity index (χ4v) is 8.12. The first-order chi connectivity index (χ1) is 14.1. The first kappa shape index (κ1) is 20.6. The second kappa shape index (κ2) is 6.38. The smallest absolute Gasteiger partial charge is 0.255 e. The number of rotatable bonds is 1. The van der Waals surface area contributed by atoms with Crippen LogP contribution in [0.3, 0.4) is 0 Å². The van der Waals surface area contributed by atoms with Gasteiger partial charge in [-0.25, -0.2) is 0 Å². The van der Waals surface area contributed by atoms with Crippen molar-refractivity contribution in [2.24, 2.45) is 22.7 Å². The summed E-state index contributed by atoms with van der Waals surface area (Å²) in [6.45, 7) is 9.95. The number of hydrogen-bond acceptors (Lipinski definition) is 4. The van der Waals surface area contributed by atoms with E-state index >= 15 is 0 Å². The molecule has 0 unspecified atom stereocenters. The number of ether oxygens (including phenoxy) is 1. The zero-order valence-corrected chi connectivity index (χ0v) is 20.1. The Morgan fingerprint density at radius 1 is 1.30 bits per heavy atom. The number of phenols is 1. The number of aromatic hydroxyl groups is 1. The monoisotopic (exact) mass is 476 g/mol. The molecule has 1 spiro atoms. The number of nitrogens with one attached hydrogen (secondary N) is 2. The number of hydrogen-bond donors (Lipinski definition) is 3. The van der Waals surface area contributed by atoms with Crippen LogP contribution in [0.1, 0.15) is 68.4 Å². The van der Waals surface area contributed by atoms with Gasteiger partial charge in [0.05, 0.1) is 5.56 Å². The zero-order chi connectivity index (χ0) is 21.6. The van der Waals surface area contributed by atoms with E-state index in [1.807, 2.05) is 7.05 Å². The Kier molecular flexibility index (Phi) is 4.39. The van der Waals surface area contributed by atoms with Crippen molar-refractivity contribution in [3.8, 4) is 11.5 Å². The topological polar surface area (TPSA) is 70.6 Å². The van der Waals surface area contributed by atoms with Gasteiger partial charge in [0.2, 0.25) is 0 Å². The summed E-state index contributed by atoms with van der Waals surface area (Å²) in [5.41, 5.74) is 1.98. The molecule has 0 radical (unpaired) electrons. The van der Waals surface area contributed by atoms with E-state index in [9.17, 15) is 9.90 Å². The third kappa shape index (κ3) is 2.35. The lowest BCUT2D eigenvalue weighted by Gasteiger charge is -2.68. The molecule has 0 bridgehead atoms. The average Bonchev–Trinajstić information content (AvgIpc) is 3.07. The molecule has 2 aliphatic heterocycles. The van der Waals surface area contributed by atoms with Crippen molar-refractivity contribution in [3.05, 3.63) is 22.8 Å². The van der Waals surface area contributed by atoms with E-state index < -0.39 is 0 Å². The normalized spacial score (nSPS) is 41.1. The Bertz CT molecular complexity index is 932. The number of alkyl halides is 1. The average molecular weight is 477 g/mol. The Hall–Kier alpha value is -1.27.